The highest BCUT2D eigenvalue weighted by Crippen LogP contribution is 2.45. The summed E-state index contributed by atoms with van der Waals surface area (Å²) in [4.78, 5) is 40.6. The first-order chi connectivity index (χ1) is 17.4. The molecule has 1 spiro atoms. The molecule has 9 heteroatoms. The molecule has 1 atom stereocenters. The monoisotopic (exact) mass is 495 g/mol. The van der Waals surface area contributed by atoms with Crippen LogP contribution in [0.5, 0.6) is 5.75 Å². The summed E-state index contributed by atoms with van der Waals surface area (Å²) in [5.41, 5.74) is 2.27. The quantitative estimate of drug-likeness (QED) is 0.567. The van der Waals surface area contributed by atoms with Gasteiger partial charge in [0.1, 0.15) is 11.4 Å². The molecule has 0 bridgehead atoms. The Morgan fingerprint density at radius 1 is 1.17 bits per heavy atom. The van der Waals surface area contributed by atoms with Crippen LogP contribution in [-0.4, -0.2) is 58.4 Å². The van der Waals surface area contributed by atoms with E-state index < -0.39 is 17.5 Å². The van der Waals surface area contributed by atoms with E-state index in [0.29, 0.717) is 19.5 Å². The van der Waals surface area contributed by atoms with Crippen molar-refractivity contribution < 1.29 is 28.6 Å². The second-order valence-corrected chi connectivity index (χ2v) is 9.87. The molecule has 36 heavy (non-hydrogen) atoms. The number of fused-ring (bicyclic) bond motifs is 1. The van der Waals surface area contributed by atoms with E-state index in [0.717, 1.165) is 54.7 Å². The summed E-state index contributed by atoms with van der Waals surface area (Å²) in [6.45, 7) is 3.27. The summed E-state index contributed by atoms with van der Waals surface area (Å²) in [5, 5.41) is 4.63. The summed E-state index contributed by atoms with van der Waals surface area (Å²) in [6, 6.07) is 7.72. The Morgan fingerprint density at radius 2 is 1.92 bits per heavy atom. The van der Waals surface area contributed by atoms with E-state index in [1.165, 1.54) is 0 Å². The van der Waals surface area contributed by atoms with E-state index in [-0.39, 0.29) is 37.1 Å². The first-order valence-electron chi connectivity index (χ1n) is 12.8. The molecule has 5 rings (SSSR count). The van der Waals surface area contributed by atoms with Crippen molar-refractivity contribution in [2.75, 3.05) is 20.3 Å². The lowest BCUT2D eigenvalue weighted by Crippen LogP contribution is -2.48. The Kier molecular flexibility index (Phi) is 6.73. The third-order valence-corrected chi connectivity index (χ3v) is 7.73. The Labute approximate surface area is 210 Å². The van der Waals surface area contributed by atoms with Crippen LogP contribution in [-0.2, 0) is 38.6 Å². The molecule has 192 valence electrons. The van der Waals surface area contributed by atoms with Gasteiger partial charge in [0.05, 0.1) is 32.6 Å². The van der Waals surface area contributed by atoms with Crippen LogP contribution in [0.25, 0.3) is 0 Å². The highest BCUT2D eigenvalue weighted by Gasteiger charge is 2.54. The molecule has 1 aromatic carbocycles. The number of amides is 1. The molecule has 0 radical (unpaired) electrons. The highest BCUT2D eigenvalue weighted by atomic mass is 16.6. The topological polar surface area (TPSA) is 100.0 Å². The van der Waals surface area contributed by atoms with Crippen LogP contribution < -0.4 is 4.74 Å². The molecule has 1 amide bonds. The fourth-order valence-corrected chi connectivity index (χ4v) is 5.90. The normalized spacial score (nSPS) is 20.7. The van der Waals surface area contributed by atoms with Crippen molar-refractivity contribution >= 4 is 17.8 Å². The lowest BCUT2D eigenvalue weighted by molar-refractivity contribution is -0.156. The summed E-state index contributed by atoms with van der Waals surface area (Å²) in [6.07, 6.45) is 5.20. The standard InChI is InChI=1S/C27H33N3O6/c1-3-35-26(33)24-20-17-29(25(32)21-15-23(31)36-27(21)12-5-4-6-13-27)14-11-22(20)30(28-24)16-18-7-9-19(34-2)10-8-18/h7-10,21H,3-6,11-17H2,1-2H3. The lowest BCUT2D eigenvalue weighted by atomic mass is 9.75. The van der Waals surface area contributed by atoms with Gasteiger partial charge < -0.3 is 19.1 Å². The largest absolute Gasteiger partial charge is 0.497 e. The van der Waals surface area contributed by atoms with Gasteiger partial charge in [0.25, 0.3) is 0 Å². The van der Waals surface area contributed by atoms with Crippen LogP contribution in [0.3, 0.4) is 0 Å². The van der Waals surface area contributed by atoms with Crippen molar-refractivity contribution in [1.82, 2.24) is 14.7 Å². The number of hydrogen-bond acceptors (Lipinski definition) is 7. The van der Waals surface area contributed by atoms with Gasteiger partial charge >= 0.3 is 11.9 Å². The Balaban J connectivity index is 1.41. The van der Waals surface area contributed by atoms with E-state index in [1.54, 1.807) is 18.9 Å². The number of carbonyl (C=O) groups is 3. The van der Waals surface area contributed by atoms with Crippen molar-refractivity contribution in [3.63, 3.8) is 0 Å². The van der Waals surface area contributed by atoms with Crippen LogP contribution in [0.4, 0.5) is 0 Å². The average molecular weight is 496 g/mol. The molecule has 2 fully saturated rings. The molecule has 9 nitrogen and oxygen atoms in total. The van der Waals surface area contributed by atoms with Crippen molar-refractivity contribution in [3.8, 4) is 5.75 Å². The SMILES string of the molecule is CCOC(=O)c1nn(Cc2ccc(OC)cc2)c2c1CN(C(=O)C1CC(=O)OC13CCCCC3)CC2. The second-order valence-electron chi connectivity index (χ2n) is 9.87. The molecule has 1 saturated heterocycles. The maximum Gasteiger partial charge on any atom is 0.359 e. The highest BCUT2D eigenvalue weighted by molar-refractivity contribution is 5.91. The average Bonchev–Trinajstić information content (AvgIpc) is 3.41. The Hall–Kier alpha value is -3.36. The van der Waals surface area contributed by atoms with Crippen LogP contribution >= 0.6 is 0 Å². The number of ether oxygens (including phenoxy) is 3. The first kappa shape index (κ1) is 24.3. The minimum absolute atomic E-state index is 0.0638. The molecule has 2 aromatic rings. The first-order valence-corrected chi connectivity index (χ1v) is 12.8. The zero-order chi connectivity index (χ0) is 25.3. The number of nitrogens with zero attached hydrogens (tertiary/aromatic N) is 3. The molecule has 2 aliphatic heterocycles. The predicted molar refractivity (Wildman–Crippen MR) is 129 cm³/mol. The number of benzene rings is 1. The van der Waals surface area contributed by atoms with Gasteiger partial charge in [0.15, 0.2) is 5.69 Å². The van der Waals surface area contributed by atoms with E-state index in [2.05, 4.69) is 5.10 Å². The van der Waals surface area contributed by atoms with Crippen LogP contribution in [0.15, 0.2) is 24.3 Å². The van der Waals surface area contributed by atoms with Gasteiger partial charge in [-0.2, -0.15) is 5.10 Å². The molecule has 1 aliphatic carbocycles. The van der Waals surface area contributed by atoms with Crippen molar-refractivity contribution in [2.45, 2.75) is 70.6 Å². The smallest absolute Gasteiger partial charge is 0.359 e. The fraction of sp³-hybridized carbons (Fsp3) is 0.556. The third kappa shape index (κ3) is 4.47. The van der Waals surface area contributed by atoms with Gasteiger partial charge in [-0.1, -0.05) is 18.6 Å². The van der Waals surface area contributed by atoms with Gasteiger partial charge in [-0.05, 0) is 50.3 Å². The summed E-state index contributed by atoms with van der Waals surface area (Å²) >= 11 is 0. The maximum atomic E-state index is 13.7. The summed E-state index contributed by atoms with van der Waals surface area (Å²) in [5.74, 6) is -0.529. The number of carbonyl (C=O) groups excluding carboxylic acids is 3. The zero-order valence-electron chi connectivity index (χ0n) is 21.0. The second kappa shape index (κ2) is 9.95. The minimum Gasteiger partial charge on any atom is -0.497 e. The molecule has 3 heterocycles. The van der Waals surface area contributed by atoms with Crippen LogP contribution in [0.1, 0.15) is 72.8 Å². The van der Waals surface area contributed by atoms with E-state index in [9.17, 15) is 14.4 Å². The van der Waals surface area contributed by atoms with E-state index in [1.807, 2.05) is 28.9 Å². The van der Waals surface area contributed by atoms with Gasteiger partial charge in [0.2, 0.25) is 5.91 Å². The molecular weight excluding hydrogens is 462 g/mol. The summed E-state index contributed by atoms with van der Waals surface area (Å²) < 4.78 is 18.2. The third-order valence-electron chi connectivity index (χ3n) is 7.73. The Morgan fingerprint density at radius 3 is 2.61 bits per heavy atom. The zero-order valence-corrected chi connectivity index (χ0v) is 21.0. The minimum atomic E-state index is -0.671. The van der Waals surface area contributed by atoms with Gasteiger partial charge in [0, 0.05) is 30.8 Å². The summed E-state index contributed by atoms with van der Waals surface area (Å²) in [7, 11) is 1.63. The molecular formula is C27H33N3O6. The lowest BCUT2D eigenvalue weighted by Gasteiger charge is -2.39. The number of aromatic nitrogens is 2. The van der Waals surface area contributed by atoms with Crippen molar-refractivity contribution in [1.29, 1.82) is 0 Å². The van der Waals surface area contributed by atoms with E-state index >= 15 is 0 Å². The molecule has 3 aliphatic rings. The number of esters is 2. The number of rotatable bonds is 6. The maximum absolute atomic E-state index is 13.7. The van der Waals surface area contributed by atoms with Crippen LogP contribution in [0, 0.1) is 5.92 Å². The number of methoxy groups -OCH3 is 1. The van der Waals surface area contributed by atoms with E-state index in [4.69, 9.17) is 14.2 Å². The number of hydrogen-bond donors (Lipinski definition) is 0. The molecule has 1 unspecified atom stereocenters. The van der Waals surface area contributed by atoms with Gasteiger partial charge in [-0.3, -0.25) is 14.3 Å². The Bertz CT molecular complexity index is 1150. The molecule has 0 N–H and O–H groups in total. The van der Waals surface area contributed by atoms with Crippen molar-refractivity contribution in [3.05, 3.63) is 46.8 Å². The predicted octanol–water partition coefficient (Wildman–Crippen LogP) is 3.27. The van der Waals surface area contributed by atoms with Crippen LogP contribution in [0.2, 0.25) is 0 Å². The molecule has 1 saturated carbocycles. The van der Waals surface area contributed by atoms with Crippen molar-refractivity contribution in [2.24, 2.45) is 5.92 Å². The van der Waals surface area contributed by atoms with Gasteiger partial charge in [-0.15, -0.1) is 0 Å². The van der Waals surface area contributed by atoms with Gasteiger partial charge in [-0.25, -0.2) is 4.79 Å². The fourth-order valence-electron chi connectivity index (χ4n) is 5.90. The molecule has 1 aromatic heterocycles.